The molecule has 0 radical (unpaired) electrons. The lowest BCUT2D eigenvalue weighted by Crippen LogP contribution is -2.44. The van der Waals surface area contributed by atoms with E-state index < -0.39 is 0 Å². The van der Waals surface area contributed by atoms with Crippen molar-refractivity contribution in [1.82, 2.24) is 10.2 Å². The van der Waals surface area contributed by atoms with Gasteiger partial charge in [-0.15, -0.1) is 0 Å². The third-order valence-corrected chi connectivity index (χ3v) is 4.13. The molecule has 110 valence electrons. The number of methoxy groups -OCH3 is 2. The maximum Gasteiger partial charge on any atom is 0.317 e. The van der Waals surface area contributed by atoms with E-state index in [1.807, 2.05) is 34.9 Å². The fourth-order valence-corrected chi connectivity index (χ4v) is 2.95. The van der Waals surface area contributed by atoms with Gasteiger partial charge in [0.05, 0.1) is 14.2 Å². The predicted molar refractivity (Wildman–Crippen MR) is 80.7 cm³/mol. The highest BCUT2D eigenvalue weighted by molar-refractivity contribution is 7.99. The number of carbonyl (C=O) groups excluding carboxylic acids is 1. The average molecular weight is 296 g/mol. The van der Waals surface area contributed by atoms with E-state index in [1.165, 1.54) is 0 Å². The molecule has 0 saturated carbocycles. The quantitative estimate of drug-likeness (QED) is 0.923. The molecular weight excluding hydrogens is 276 g/mol. The highest BCUT2D eigenvalue weighted by atomic mass is 32.2. The molecular formula is C14H20N2O3S. The lowest BCUT2D eigenvalue weighted by atomic mass is 10.2. The van der Waals surface area contributed by atoms with Crippen molar-refractivity contribution in [3.8, 4) is 11.5 Å². The predicted octanol–water partition coefficient (Wildman–Crippen LogP) is 1.96. The Morgan fingerprint density at radius 1 is 1.25 bits per heavy atom. The molecule has 0 spiro atoms. The van der Waals surface area contributed by atoms with Gasteiger partial charge < -0.3 is 19.7 Å². The van der Waals surface area contributed by atoms with Crippen molar-refractivity contribution >= 4 is 17.8 Å². The molecule has 1 saturated heterocycles. The molecule has 2 amide bonds. The van der Waals surface area contributed by atoms with Crippen LogP contribution in [0.5, 0.6) is 11.5 Å². The van der Waals surface area contributed by atoms with Gasteiger partial charge in [-0.05, 0) is 17.7 Å². The minimum absolute atomic E-state index is 0.0000786. The van der Waals surface area contributed by atoms with Gasteiger partial charge in [-0.25, -0.2) is 4.79 Å². The Labute approximate surface area is 123 Å². The summed E-state index contributed by atoms with van der Waals surface area (Å²) >= 11 is 1.89. The number of amides is 2. The van der Waals surface area contributed by atoms with Crippen molar-refractivity contribution in [1.29, 1.82) is 0 Å². The van der Waals surface area contributed by atoms with Gasteiger partial charge >= 0.3 is 6.03 Å². The molecule has 1 heterocycles. The number of hydrogen-bond acceptors (Lipinski definition) is 4. The van der Waals surface area contributed by atoms with Gasteiger partial charge in [0.1, 0.15) is 0 Å². The maximum absolute atomic E-state index is 12.0. The minimum atomic E-state index is 0.0000786. The van der Waals surface area contributed by atoms with E-state index in [0.29, 0.717) is 18.0 Å². The van der Waals surface area contributed by atoms with Gasteiger partial charge in [-0.2, -0.15) is 11.8 Å². The van der Waals surface area contributed by atoms with Crippen molar-refractivity contribution in [3.05, 3.63) is 23.8 Å². The zero-order valence-corrected chi connectivity index (χ0v) is 12.7. The van der Waals surface area contributed by atoms with E-state index in [4.69, 9.17) is 9.47 Å². The number of ether oxygens (including phenoxy) is 2. The molecule has 20 heavy (non-hydrogen) atoms. The molecule has 0 unspecified atom stereocenters. The van der Waals surface area contributed by atoms with E-state index in [2.05, 4.69) is 5.32 Å². The monoisotopic (exact) mass is 296 g/mol. The van der Waals surface area contributed by atoms with Gasteiger partial charge in [0.15, 0.2) is 11.5 Å². The molecule has 0 aromatic heterocycles. The Balaban J connectivity index is 1.91. The summed E-state index contributed by atoms with van der Waals surface area (Å²) in [6.45, 7) is 2.13. The molecule has 5 nitrogen and oxygen atoms in total. The first-order chi connectivity index (χ1) is 9.74. The summed E-state index contributed by atoms with van der Waals surface area (Å²) in [7, 11) is 3.21. The normalized spacial score (nSPS) is 14.8. The second kappa shape index (κ2) is 7.28. The van der Waals surface area contributed by atoms with Crippen LogP contribution >= 0.6 is 11.8 Å². The second-order valence-electron chi connectivity index (χ2n) is 4.45. The zero-order valence-electron chi connectivity index (χ0n) is 11.8. The Morgan fingerprint density at radius 3 is 2.60 bits per heavy atom. The molecule has 1 aromatic rings. The molecule has 1 aliphatic rings. The minimum Gasteiger partial charge on any atom is -0.493 e. The summed E-state index contributed by atoms with van der Waals surface area (Å²) in [5.74, 6) is 3.40. The van der Waals surface area contributed by atoms with Crippen molar-refractivity contribution in [3.63, 3.8) is 0 Å². The van der Waals surface area contributed by atoms with Gasteiger partial charge in [0.25, 0.3) is 0 Å². The zero-order chi connectivity index (χ0) is 14.4. The number of hydrogen-bond donors (Lipinski definition) is 1. The largest absolute Gasteiger partial charge is 0.493 e. The number of nitrogens with zero attached hydrogens (tertiary/aromatic N) is 1. The van der Waals surface area contributed by atoms with E-state index in [0.717, 1.165) is 30.2 Å². The Hall–Kier alpha value is -1.56. The van der Waals surface area contributed by atoms with Crippen LogP contribution in [0.1, 0.15) is 5.56 Å². The van der Waals surface area contributed by atoms with E-state index >= 15 is 0 Å². The Bertz CT molecular complexity index is 462. The number of thioether (sulfide) groups is 1. The topological polar surface area (TPSA) is 50.8 Å². The van der Waals surface area contributed by atoms with E-state index in [-0.39, 0.29) is 6.03 Å². The fourth-order valence-electron chi connectivity index (χ4n) is 2.05. The van der Waals surface area contributed by atoms with Gasteiger partial charge in [-0.3, -0.25) is 0 Å². The fraction of sp³-hybridized carbons (Fsp3) is 0.500. The lowest BCUT2D eigenvalue weighted by molar-refractivity contribution is 0.202. The molecule has 0 aliphatic carbocycles. The van der Waals surface area contributed by atoms with Gasteiger partial charge in [-0.1, -0.05) is 6.07 Å². The molecule has 1 fully saturated rings. The van der Waals surface area contributed by atoms with Gasteiger partial charge in [0, 0.05) is 31.1 Å². The van der Waals surface area contributed by atoms with E-state index in [9.17, 15) is 4.79 Å². The molecule has 0 atom stereocenters. The average Bonchev–Trinajstić information content (AvgIpc) is 2.53. The number of benzene rings is 1. The third kappa shape index (κ3) is 3.72. The SMILES string of the molecule is COc1ccc(CNC(=O)N2CCSCC2)cc1OC. The van der Waals surface area contributed by atoms with E-state index in [1.54, 1.807) is 14.2 Å². The van der Waals surface area contributed by atoms with Crippen LogP contribution in [0.25, 0.3) is 0 Å². The lowest BCUT2D eigenvalue weighted by Gasteiger charge is -2.26. The highest BCUT2D eigenvalue weighted by Crippen LogP contribution is 2.27. The first-order valence-corrected chi connectivity index (χ1v) is 7.71. The van der Waals surface area contributed by atoms with Crippen molar-refractivity contribution in [2.75, 3.05) is 38.8 Å². The van der Waals surface area contributed by atoms with Crippen LogP contribution in [0.4, 0.5) is 4.79 Å². The first kappa shape index (κ1) is 14.8. The van der Waals surface area contributed by atoms with Crippen LogP contribution in [0, 0.1) is 0 Å². The Kier molecular flexibility index (Phi) is 5.40. The summed E-state index contributed by atoms with van der Waals surface area (Å²) < 4.78 is 10.4. The standard InChI is InChI=1S/C14H20N2O3S/c1-18-12-4-3-11(9-13(12)19-2)10-15-14(17)16-5-7-20-8-6-16/h3-4,9H,5-8,10H2,1-2H3,(H,15,17). The number of nitrogens with one attached hydrogen (secondary N) is 1. The molecule has 6 heteroatoms. The van der Waals surface area contributed by atoms with Crippen molar-refractivity contribution in [2.45, 2.75) is 6.54 Å². The molecule has 2 rings (SSSR count). The van der Waals surface area contributed by atoms with Crippen LogP contribution in [-0.2, 0) is 6.54 Å². The van der Waals surface area contributed by atoms with Crippen molar-refractivity contribution < 1.29 is 14.3 Å². The summed E-state index contributed by atoms with van der Waals surface area (Å²) in [4.78, 5) is 13.9. The number of rotatable bonds is 4. The smallest absolute Gasteiger partial charge is 0.317 e. The summed E-state index contributed by atoms with van der Waals surface area (Å²) in [5.41, 5.74) is 0.988. The first-order valence-electron chi connectivity index (χ1n) is 6.56. The summed E-state index contributed by atoms with van der Waals surface area (Å²) in [6, 6.07) is 5.65. The molecule has 0 bridgehead atoms. The molecule has 1 aliphatic heterocycles. The van der Waals surface area contributed by atoms with Crippen molar-refractivity contribution in [2.24, 2.45) is 0 Å². The highest BCUT2D eigenvalue weighted by Gasteiger charge is 2.16. The second-order valence-corrected chi connectivity index (χ2v) is 5.67. The van der Waals surface area contributed by atoms with Crippen LogP contribution in [0.15, 0.2) is 18.2 Å². The van der Waals surface area contributed by atoms with Crippen LogP contribution in [0.3, 0.4) is 0 Å². The van der Waals surface area contributed by atoms with Crippen LogP contribution in [-0.4, -0.2) is 49.7 Å². The number of carbonyl (C=O) groups is 1. The molecule has 1 N–H and O–H groups in total. The third-order valence-electron chi connectivity index (χ3n) is 3.19. The number of urea groups is 1. The maximum atomic E-state index is 12.0. The molecule has 1 aromatic carbocycles. The summed E-state index contributed by atoms with van der Waals surface area (Å²) in [6.07, 6.45) is 0. The Morgan fingerprint density at radius 2 is 1.95 bits per heavy atom. The van der Waals surface area contributed by atoms with Crippen LogP contribution in [0.2, 0.25) is 0 Å². The van der Waals surface area contributed by atoms with Gasteiger partial charge in [0.2, 0.25) is 0 Å². The summed E-state index contributed by atoms with van der Waals surface area (Å²) in [5, 5.41) is 2.94. The van der Waals surface area contributed by atoms with Crippen LogP contribution < -0.4 is 14.8 Å².